The zero-order valence-electron chi connectivity index (χ0n) is 15.2. The maximum atomic E-state index is 13.0. The van der Waals surface area contributed by atoms with Gasteiger partial charge in [-0.05, 0) is 32.8 Å². The summed E-state index contributed by atoms with van der Waals surface area (Å²) < 4.78 is 13.8. The standard InChI is InChI=1S/C19H25N3O2S/c1-5-14(13-9-7-6-8-10-13)18(23)20-17-15-11-25(24)12-16(15)21-22(17)19(2,3)4/h6-10,14H,5,11-12H2,1-4H3,(H,20,23)/t14-,25-/m1/s1. The van der Waals surface area contributed by atoms with Crippen molar-refractivity contribution in [1.82, 2.24) is 9.78 Å². The number of nitrogens with one attached hydrogen (secondary N) is 1. The highest BCUT2D eigenvalue weighted by Crippen LogP contribution is 2.34. The van der Waals surface area contributed by atoms with Gasteiger partial charge in [0.1, 0.15) is 5.82 Å². The maximum absolute atomic E-state index is 13.0. The van der Waals surface area contributed by atoms with Crippen LogP contribution in [0.1, 0.15) is 56.9 Å². The Morgan fingerprint density at radius 1 is 1.28 bits per heavy atom. The minimum Gasteiger partial charge on any atom is -0.310 e. The third-order valence-corrected chi connectivity index (χ3v) is 5.68. The Labute approximate surface area is 151 Å². The lowest BCUT2D eigenvalue weighted by atomic mass is 9.95. The van der Waals surface area contributed by atoms with Crippen molar-refractivity contribution in [2.45, 2.75) is 57.1 Å². The molecule has 6 heteroatoms. The van der Waals surface area contributed by atoms with Crippen molar-refractivity contribution < 1.29 is 9.00 Å². The van der Waals surface area contributed by atoms with E-state index >= 15 is 0 Å². The quantitative estimate of drug-likeness (QED) is 0.908. The minimum absolute atomic E-state index is 0.0421. The van der Waals surface area contributed by atoms with E-state index in [0.29, 0.717) is 23.7 Å². The van der Waals surface area contributed by atoms with Crippen LogP contribution in [0, 0.1) is 0 Å². The van der Waals surface area contributed by atoms with E-state index in [4.69, 9.17) is 0 Å². The first-order chi connectivity index (χ1) is 11.8. The second-order valence-electron chi connectivity index (χ2n) is 7.45. The van der Waals surface area contributed by atoms with E-state index < -0.39 is 10.8 Å². The zero-order chi connectivity index (χ0) is 18.2. The smallest absolute Gasteiger partial charge is 0.233 e. The Morgan fingerprint density at radius 2 is 1.96 bits per heavy atom. The number of anilines is 1. The van der Waals surface area contributed by atoms with Gasteiger partial charge >= 0.3 is 0 Å². The highest BCUT2D eigenvalue weighted by molar-refractivity contribution is 7.83. The van der Waals surface area contributed by atoms with Crippen LogP contribution < -0.4 is 5.32 Å². The molecule has 2 heterocycles. The summed E-state index contributed by atoms with van der Waals surface area (Å²) in [6.45, 7) is 8.17. The second kappa shape index (κ2) is 6.75. The van der Waals surface area contributed by atoms with Crippen molar-refractivity contribution >= 4 is 22.5 Å². The van der Waals surface area contributed by atoms with Crippen molar-refractivity contribution in [2.24, 2.45) is 0 Å². The van der Waals surface area contributed by atoms with E-state index in [0.717, 1.165) is 16.8 Å². The summed E-state index contributed by atoms with van der Waals surface area (Å²) in [7, 11) is -0.924. The fourth-order valence-electron chi connectivity index (χ4n) is 3.20. The lowest BCUT2D eigenvalue weighted by Gasteiger charge is -2.24. The molecule has 1 aromatic carbocycles. The van der Waals surface area contributed by atoms with Gasteiger partial charge in [0, 0.05) is 16.4 Å². The van der Waals surface area contributed by atoms with Gasteiger partial charge in [0.2, 0.25) is 5.91 Å². The molecule has 1 aliphatic heterocycles. The molecule has 0 bridgehead atoms. The SMILES string of the molecule is CC[C@@H](C(=O)Nc1c2c(nn1C(C)(C)C)C[S@](=O)C2)c1ccccc1. The number of hydrogen-bond acceptors (Lipinski definition) is 3. The molecule has 3 rings (SSSR count). The molecule has 0 fully saturated rings. The van der Waals surface area contributed by atoms with Crippen LogP contribution in [0.2, 0.25) is 0 Å². The molecule has 1 amide bonds. The molecule has 25 heavy (non-hydrogen) atoms. The lowest BCUT2D eigenvalue weighted by Crippen LogP contribution is -2.29. The summed E-state index contributed by atoms with van der Waals surface area (Å²) in [6.07, 6.45) is 0.716. The van der Waals surface area contributed by atoms with Crippen molar-refractivity contribution in [3.8, 4) is 0 Å². The van der Waals surface area contributed by atoms with Crippen LogP contribution in [0.5, 0.6) is 0 Å². The Bertz CT molecular complexity index is 806. The number of hydrogen-bond donors (Lipinski definition) is 1. The van der Waals surface area contributed by atoms with E-state index in [1.54, 1.807) is 0 Å². The predicted molar refractivity (Wildman–Crippen MR) is 101 cm³/mol. The monoisotopic (exact) mass is 359 g/mol. The van der Waals surface area contributed by atoms with Crippen molar-refractivity contribution in [1.29, 1.82) is 0 Å². The van der Waals surface area contributed by atoms with Gasteiger partial charge in [-0.25, -0.2) is 4.68 Å². The van der Waals surface area contributed by atoms with Gasteiger partial charge in [-0.15, -0.1) is 0 Å². The highest BCUT2D eigenvalue weighted by atomic mass is 32.2. The molecule has 0 spiro atoms. The molecule has 0 unspecified atom stereocenters. The summed E-state index contributed by atoms with van der Waals surface area (Å²) >= 11 is 0. The zero-order valence-corrected chi connectivity index (χ0v) is 16.0. The largest absolute Gasteiger partial charge is 0.310 e. The summed E-state index contributed by atoms with van der Waals surface area (Å²) in [6, 6.07) is 9.81. The third-order valence-electron chi connectivity index (χ3n) is 4.47. The Hall–Kier alpha value is -1.95. The topological polar surface area (TPSA) is 64.0 Å². The van der Waals surface area contributed by atoms with Gasteiger partial charge in [0.25, 0.3) is 0 Å². The van der Waals surface area contributed by atoms with Crippen LogP contribution in [0.15, 0.2) is 30.3 Å². The highest BCUT2D eigenvalue weighted by Gasteiger charge is 2.32. The van der Waals surface area contributed by atoms with E-state index in [1.165, 1.54) is 0 Å². The number of nitrogens with zero attached hydrogens (tertiary/aromatic N) is 2. The molecule has 0 aliphatic carbocycles. The van der Waals surface area contributed by atoms with Crippen LogP contribution in [-0.4, -0.2) is 19.9 Å². The fraction of sp³-hybridized carbons (Fsp3) is 0.474. The molecule has 0 saturated heterocycles. The summed E-state index contributed by atoms with van der Waals surface area (Å²) in [5, 5.41) is 7.73. The van der Waals surface area contributed by atoms with Gasteiger partial charge in [-0.2, -0.15) is 5.10 Å². The molecule has 1 aromatic heterocycles. The average Bonchev–Trinajstić information content (AvgIpc) is 3.06. The molecule has 0 radical (unpaired) electrons. The average molecular weight is 359 g/mol. The normalized spacial score (nSPS) is 18.0. The molecule has 1 N–H and O–H groups in total. The van der Waals surface area contributed by atoms with Gasteiger partial charge < -0.3 is 5.32 Å². The molecule has 134 valence electrons. The first kappa shape index (κ1) is 17.9. The van der Waals surface area contributed by atoms with Crippen LogP contribution in [0.3, 0.4) is 0 Å². The van der Waals surface area contributed by atoms with Crippen molar-refractivity contribution in [2.75, 3.05) is 5.32 Å². The Kier molecular flexibility index (Phi) is 4.82. The molecule has 0 saturated carbocycles. The number of fused-ring (bicyclic) bond motifs is 1. The summed E-state index contributed by atoms with van der Waals surface area (Å²) in [4.78, 5) is 13.0. The van der Waals surface area contributed by atoms with E-state index in [2.05, 4.69) is 31.2 Å². The van der Waals surface area contributed by atoms with Gasteiger partial charge in [0.05, 0.1) is 28.7 Å². The van der Waals surface area contributed by atoms with Crippen molar-refractivity contribution in [3.05, 3.63) is 47.2 Å². The van der Waals surface area contributed by atoms with Gasteiger partial charge in [0.15, 0.2) is 0 Å². The summed E-state index contributed by atoms with van der Waals surface area (Å²) in [5.41, 5.74) is 2.51. The van der Waals surface area contributed by atoms with Crippen LogP contribution >= 0.6 is 0 Å². The van der Waals surface area contributed by atoms with Crippen LogP contribution in [0.4, 0.5) is 5.82 Å². The number of benzene rings is 1. The second-order valence-corrected chi connectivity index (χ2v) is 8.90. The summed E-state index contributed by atoms with van der Waals surface area (Å²) in [5.74, 6) is 1.37. The van der Waals surface area contributed by atoms with E-state index in [1.807, 2.05) is 41.9 Å². The van der Waals surface area contributed by atoms with E-state index in [-0.39, 0.29) is 17.4 Å². The third kappa shape index (κ3) is 3.54. The van der Waals surface area contributed by atoms with Gasteiger partial charge in [-0.1, -0.05) is 37.3 Å². The minimum atomic E-state index is -0.924. The molecule has 2 aromatic rings. The van der Waals surface area contributed by atoms with E-state index in [9.17, 15) is 9.00 Å². The maximum Gasteiger partial charge on any atom is 0.233 e. The number of aromatic nitrogens is 2. The number of amides is 1. The van der Waals surface area contributed by atoms with Crippen LogP contribution in [-0.2, 0) is 32.6 Å². The number of carbonyl (C=O) groups excluding carboxylic acids is 1. The number of carbonyl (C=O) groups is 1. The van der Waals surface area contributed by atoms with Gasteiger partial charge in [-0.3, -0.25) is 9.00 Å². The molecular formula is C19H25N3O2S. The molecule has 2 atom stereocenters. The molecule has 1 aliphatic rings. The van der Waals surface area contributed by atoms with Crippen molar-refractivity contribution in [3.63, 3.8) is 0 Å². The fourth-order valence-corrected chi connectivity index (χ4v) is 4.47. The lowest BCUT2D eigenvalue weighted by molar-refractivity contribution is -0.117. The molecular weight excluding hydrogens is 334 g/mol. The molecule has 5 nitrogen and oxygen atoms in total. The Balaban J connectivity index is 1.94. The Morgan fingerprint density at radius 3 is 2.56 bits per heavy atom. The number of rotatable bonds is 4. The van der Waals surface area contributed by atoms with Crippen LogP contribution in [0.25, 0.3) is 0 Å². The predicted octanol–water partition coefficient (Wildman–Crippen LogP) is 3.53. The first-order valence-corrected chi connectivity index (χ1v) is 10.1. The first-order valence-electron chi connectivity index (χ1n) is 8.63.